The van der Waals surface area contributed by atoms with Crippen molar-refractivity contribution in [3.05, 3.63) is 24.0 Å². The van der Waals surface area contributed by atoms with E-state index < -0.39 is 0 Å². The molecule has 0 saturated carbocycles. The highest BCUT2D eigenvalue weighted by Gasteiger charge is 2.23. The molecule has 1 aliphatic heterocycles. The molecule has 0 aliphatic carbocycles. The van der Waals surface area contributed by atoms with E-state index in [0.717, 1.165) is 43.9 Å². The number of likely N-dealkylation sites (tertiary alicyclic amines) is 1. The van der Waals surface area contributed by atoms with Crippen molar-refractivity contribution in [2.24, 2.45) is 11.7 Å². The summed E-state index contributed by atoms with van der Waals surface area (Å²) < 4.78 is 0. The van der Waals surface area contributed by atoms with Gasteiger partial charge in [0.05, 0.1) is 5.69 Å². The van der Waals surface area contributed by atoms with Crippen LogP contribution in [0.1, 0.15) is 18.5 Å². The van der Waals surface area contributed by atoms with Gasteiger partial charge in [0.25, 0.3) is 0 Å². The number of nitrogens with one attached hydrogen (secondary N) is 1. The standard InChI is InChI=1S/C13H20N4O/c1-15-11-2-5-16-12(8-11)9-17-6-3-10(4-7-17)13(14)18/h2,5,8,10H,3-4,6-7,9H2,1H3,(H2,14,18)(H,15,16). The minimum atomic E-state index is -0.162. The Morgan fingerprint density at radius 1 is 1.56 bits per heavy atom. The molecule has 0 radical (unpaired) electrons. The summed E-state index contributed by atoms with van der Waals surface area (Å²) in [5.74, 6) is -0.109. The number of carbonyl (C=O) groups excluding carboxylic acids is 1. The van der Waals surface area contributed by atoms with E-state index in [1.165, 1.54) is 0 Å². The smallest absolute Gasteiger partial charge is 0.220 e. The average Bonchev–Trinajstić information content (AvgIpc) is 2.39. The van der Waals surface area contributed by atoms with E-state index in [9.17, 15) is 4.79 Å². The van der Waals surface area contributed by atoms with Crippen LogP contribution in [-0.2, 0) is 11.3 Å². The number of amides is 1. The molecule has 18 heavy (non-hydrogen) atoms. The first-order valence-electron chi connectivity index (χ1n) is 6.33. The van der Waals surface area contributed by atoms with E-state index in [1.54, 1.807) is 0 Å². The first-order valence-corrected chi connectivity index (χ1v) is 6.33. The molecule has 1 aromatic rings. The number of rotatable bonds is 4. The molecule has 1 aliphatic rings. The largest absolute Gasteiger partial charge is 0.388 e. The Bertz CT molecular complexity index is 413. The lowest BCUT2D eigenvalue weighted by Gasteiger charge is -2.30. The Morgan fingerprint density at radius 2 is 2.28 bits per heavy atom. The zero-order chi connectivity index (χ0) is 13.0. The van der Waals surface area contributed by atoms with Crippen LogP contribution < -0.4 is 11.1 Å². The van der Waals surface area contributed by atoms with E-state index in [1.807, 2.05) is 19.3 Å². The van der Waals surface area contributed by atoms with Gasteiger partial charge >= 0.3 is 0 Å². The Hall–Kier alpha value is -1.62. The summed E-state index contributed by atoms with van der Waals surface area (Å²) in [4.78, 5) is 17.8. The molecular formula is C13H20N4O. The minimum Gasteiger partial charge on any atom is -0.388 e. The van der Waals surface area contributed by atoms with Crippen molar-refractivity contribution in [2.75, 3.05) is 25.5 Å². The van der Waals surface area contributed by atoms with E-state index in [0.29, 0.717) is 0 Å². The van der Waals surface area contributed by atoms with Crippen molar-refractivity contribution in [1.29, 1.82) is 0 Å². The van der Waals surface area contributed by atoms with Crippen LogP contribution in [0.3, 0.4) is 0 Å². The topological polar surface area (TPSA) is 71.2 Å². The molecule has 1 fully saturated rings. The number of pyridine rings is 1. The highest BCUT2D eigenvalue weighted by molar-refractivity contribution is 5.76. The molecule has 0 spiro atoms. The lowest BCUT2D eigenvalue weighted by atomic mass is 9.96. The summed E-state index contributed by atoms with van der Waals surface area (Å²) in [6.45, 7) is 2.67. The maximum atomic E-state index is 11.1. The fourth-order valence-corrected chi connectivity index (χ4v) is 2.32. The Morgan fingerprint density at radius 3 is 2.89 bits per heavy atom. The predicted octanol–water partition coefficient (Wildman–Crippen LogP) is 0.821. The van der Waals surface area contributed by atoms with Crippen LogP contribution in [-0.4, -0.2) is 35.9 Å². The highest BCUT2D eigenvalue weighted by Crippen LogP contribution is 2.18. The quantitative estimate of drug-likeness (QED) is 0.827. The summed E-state index contributed by atoms with van der Waals surface area (Å²) in [5.41, 5.74) is 7.46. The lowest BCUT2D eigenvalue weighted by molar-refractivity contribution is -0.123. The normalized spacial score (nSPS) is 17.6. The third kappa shape index (κ3) is 3.20. The van der Waals surface area contributed by atoms with Crippen molar-refractivity contribution in [1.82, 2.24) is 9.88 Å². The number of nitrogens with two attached hydrogens (primary N) is 1. The highest BCUT2D eigenvalue weighted by atomic mass is 16.1. The van der Waals surface area contributed by atoms with E-state index in [4.69, 9.17) is 5.73 Å². The van der Waals surface area contributed by atoms with Crippen LogP contribution >= 0.6 is 0 Å². The molecule has 0 bridgehead atoms. The maximum Gasteiger partial charge on any atom is 0.220 e. The van der Waals surface area contributed by atoms with Crippen LogP contribution in [0.15, 0.2) is 18.3 Å². The molecule has 3 N–H and O–H groups in total. The number of carbonyl (C=O) groups is 1. The van der Waals surface area contributed by atoms with Crippen molar-refractivity contribution < 1.29 is 4.79 Å². The Kier molecular flexibility index (Phi) is 4.15. The number of anilines is 1. The Labute approximate surface area is 107 Å². The second-order valence-corrected chi connectivity index (χ2v) is 4.74. The van der Waals surface area contributed by atoms with E-state index in [2.05, 4.69) is 21.3 Å². The van der Waals surface area contributed by atoms with E-state index in [-0.39, 0.29) is 11.8 Å². The third-order valence-electron chi connectivity index (χ3n) is 3.48. The van der Waals surface area contributed by atoms with Gasteiger partial charge in [0.15, 0.2) is 0 Å². The van der Waals surface area contributed by atoms with Gasteiger partial charge in [0.1, 0.15) is 0 Å². The number of aromatic nitrogens is 1. The van der Waals surface area contributed by atoms with Gasteiger partial charge in [0.2, 0.25) is 5.91 Å². The predicted molar refractivity (Wildman–Crippen MR) is 71.0 cm³/mol. The van der Waals surface area contributed by atoms with Gasteiger partial charge in [-0.3, -0.25) is 14.7 Å². The number of hydrogen-bond acceptors (Lipinski definition) is 4. The van der Waals surface area contributed by atoms with Gasteiger partial charge in [-0.2, -0.15) is 0 Å². The lowest BCUT2D eigenvalue weighted by Crippen LogP contribution is -2.38. The molecular weight excluding hydrogens is 228 g/mol. The summed E-state index contributed by atoms with van der Waals surface area (Å²) in [5, 5.41) is 3.11. The van der Waals surface area contributed by atoms with Crippen LogP contribution in [0.2, 0.25) is 0 Å². The fraction of sp³-hybridized carbons (Fsp3) is 0.538. The second kappa shape index (κ2) is 5.82. The second-order valence-electron chi connectivity index (χ2n) is 4.74. The summed E-state index contributed by atoms with van der Waals surface area (Å²) >= 11 is 0. The van der Waals surface area contributed by atoms with Crippen molar-refractivity contribution >= 4 is 11.6 Å². The molecule has 5 heteroatoms. The molecule has 2 heterocycles. The minimum absolute atomic E-state index is 0.0536. The third-order valence-corrected chi connectivity index (χ3v) is 3.48. The van der Waals surface area contributed by atoms with Gasteiger partial charge in [-0.15, -0.1) is 0 Å². The monoisotopic (exact) mass is 248 g/mol. The molecule has 0 aromatic carbocycles. The molecule has 1 saturated heterocycles. The Balaban J connectivity index is 1.89. The number of piperidine rings is 1. The van der Waals surface area contributed by atoms with Crippen LogP contribution in [0, 0.1) is 5.92 Å². The molecule has 0 atom stereocenters. The summed E-state index contributed by atoms with van der Waals surface area (Å²) in [7, 11) is 1.90. The van der Waals surface area contributed by atoms with Gasteiger partial charge in [-0.05, 0) is 38.1 Å². The molecule has 5 nitrogen and oxygen atoms in total. The van der Waals surface area contributed by atoms with Crippen LogP contribution in [0.25, 0.3) is 0 Å². The maximum absolute atomic E-state index is 11.1. The SMILES string of the molecule is CNc1ccnc(CN2CCC(C(N)=O)CC2)c1. The van der Waals surface area contributed by atoms with Crippen molar-refractivity contribution in [3.8, 4) is 0 Å². The zero-order valence-electron chi connectivity index (χ0n) is 10.7. The van der Waals surface area contributed by atoms with Gasteiger partial charge in [0, 0.05) is 31.4 Å². The van der Waals surface area contributed by atoms with E-state index >= 15 is 0 Å². The van der Waals surface area contributed by atoms with Crippen LogP contribution in [0.5, 0.6) is 0 Å². The van der Waals surface area contributed by atoms with Gasteiger partial charge in [-0.25, -0.2) is 0 Å². The first kappa shape index (κ1) is 12.8. The number of hydrogen-bond donors (Lipinski definition) is 2. The van der Waals surface area contributed by atoms with Gasteiger partial charge in [-0.1, -0.05) is 0 Å². The molecule has 0 unspecified atom stereocenters. The van der Waals surface area contributed by atoms with Crippen molar-refractivity contribution in [2.45, 2.75) is 19.4 Å². The number of primary amides is 1. The fourth-order valence-electron chi connectivity index (χ4n) is 2.32. The number of nitrogens with zero attached hydrogens (tertiary/aromatic N) is 2. The first-order chi connectivity index (χ1) is 8.69. The molecule has 1 amide bonds. The molecule has 98 valence electrons. The summed E-state index contributed by atoms with van der Waals surface area (Å²) in [6.07, 6.45) is 3.54. The zero-order valence-corrected chi connectivity index (χ0v) is 10.7. The molecule has 1 aromatic heterocycles. The van der Waals surface area contributed by atoms with Crippen molar-refractivity contribution in [3.63, 3.8) is 0 Å². The summed E-state index contributed by atoms with van der Waals surface area (Å²) in [6, 6.07) is 4.00. The van der Waals surface area contributed by atoms with Crippen LogP contribution in [0.4, 0.5) is 5.69 Å². The molecule has 2 rings (SSSR count). The average molecular weight is 248 g/mol. The van der Waals surface area contributed by atoms with Gasteiger partial charge < -0.3 is 11.1 Å².